The number of hydrogen-bond acceptors (Lipinski definition) is 7. The molecule has 0 aromatic heterocycles. The summed E-state index contributed by atoms with van der Waals surface area (Å²) >= 11 is 0. The third kappa shape index (κ3) is 5.13. The van der Waals surface area contributed by atoms with Crippen LogP contribution in [-0.2, 0) is 0 Å². The maximum Gasteiger partial charge on any atom is 0.298 e. The Kier molecular flexibility index (Phi) is 6.74. The summed E-state index contributed by atoms with van der Waals surface area (Å²) in [7, 11) is -6.81. The van der Waals surface area contributed by atoms with Gasteiger partial charge >= 0.3 is 0 Å². The van der Waals surface area contributed by atoms with Gasteiger partial charge in [0.05, 0.1) is 49.2 Å². The van der Waals surface area contributed by atoms with Crippen LogP contribution in [0.4, 0.5) is 17.1 Å². The van der Waals surface area contributed by atoms with E-state index in [2.05, 4.69) is 159 Å². The molecule has 7 nitrogen and oxygen atoms in total. The normalized spacial score (nSPS) is 16.8. The molecule has 0 bridgehead atoms. The van der Waals surface area contributed by atoms with Gasteiger partial charge < -0.3 is 4.90 Å². The van der Waals surface area contributed by atoms with E-state index < -0.39 is 25.2 Å². The lowest BCUT2D eigenvalue weighted by Crippen LogP contribution is -2.38. The van der Waals surface area contributed by atoms with Gasteiger partial charge in [-0.1, -0.05) is 84.9 Å². The van der Waals surface area contributed by atoms with E-state index in [0.717, 1.165) is 71.5 Å². The highest BCUT2D eigenvalue weighted by Gasteiger charge is 2.32. The van der Waals surface area contributed by atoms with Crippen LogP contribution in [0.25, 0.3) is 33.0 Å². The molecule has 0 saturated heterocycles. The molecule has 0 atom stereocenters. The van der Waals surface area contributed by atoms with E-state index in [1.807, 2.05) is 0 Å². The Morgan fingerprint density at radius 1 is 0.380 bits per heavy atom. The molecule has 0 spiro atoms. The van der Waals surface area contributed by atoms with Crippen LogP contribution in [0.15, 0.2) is 143 Å². The number of fused-ring (bicyclic) bond motifs is 4. The zero-order valence-corrected chi connectivity index (χ0v) is 32.1. The van der Waals surface area contributed by atoms with Crippen molar-refractivity contribution in [2.45, 2.75) is 39.3 Å². The van der Waals surface area contributed by atoms with Gasteiger partial charge in [0.15, 0.2) is 0 Å². The molecule has 244 valence electrons. The quantitative estimate of drug-likeness (QED) is 0.189. The summed E-state index contributed by atoms with van der Waals surface area (Å²) in [6.07, 6.45) is 0. The summed E-state index contributed by atoms with van der Waals surface area (Å²) in [6, 6.07) is 40.9. The minimum Gasteiger partial charge on any atom is -0.304 e. The number of rotatable bonds is 5. The third-order valence-electron chi connectivity index (χ3n) is 9.44. The molecule has 3 heterocycles. The van der Waals surface area contributed by atoms with Crippen LogP contribution in [0.3, 0.4) is 0 Å². The minimum absolute atomic E-state index is 0.920. The van der Waals surface area contributed by atoms with E-state index in [1.165, 1.54) is 10.8 Å². The van der Waals surface area contributed by atoms with Gasteiger partial charge in [0.25, 0.3) is 25.2 Å². The van der Waals surface area contributed by atoms with Crippen molar-refractivity contribution in [1.82, 2.24) is 0 Å². The lowest BCUT2D eigenvalue weighted by Gasteiger charge is -2.26. The number of anilines is 3. The SMILES string of the molecule is C[Si]1(C)N=c2cccc(N(c3ccc(-c4ccccc4)c4c3=N[Si](C)(C)N=4)c3ccc(-c4ccc5ccccc5c4)c4c3=N[Si](C)(C)N=4)c2=N1. The summed E-state index contributed by atoms with van der Waals surface area (Å²) < 4.78 is 32.0. The molecular weight excluding hydrogens is 663 g/mol. The van der Waals surface area contributed by atoms with E-state index >= 15 is 0 Å². The van der Waals surface area contributed by atoms with Gasteiger partial charge in [0, 0.05) is 11.1 Å². The summed E-state index contributed by atoms with van der Waals surface area (Å²) in [6.45, 7) is 13.2. The second kappa shape index (κ2) is 10.9. The first-order valence-electron chi connectivity index (χ1n) is 17.1. The van der Waals surface area contributed by atoms with Crippen molar-refractivity contribution in [3.05, 3.63) is 147 Å². The highest BCUT2D eigenvalue weighted by atomic mass is 28.4. The lowest BCUT2D eigenvalue weighted by atomic mass is 9.99. The van der Waals surface area contributed by atoms with Gasteiger partial charge in [-0.3, -0.25) is 27.9 Å². The fourth-order valence-corrected chi connectivity index (χ4v) is 12.2. The van der Waals surface area contributed by atoms with Crippen molar-refractivity contribution in [3.8, 4) is 22.3 Å². The third-order valence-corrected chi connectivity index (χ3v) is 14.1. The molecule has 0 unspecified atom stereocenters. The average molecular weight is 700 g/mol. The number of hydrogen-bond donors (Lipinski definition) is 0. The zero-order chi connectivity index (χ0) is 34.4. The average Bonchev–Trinajstić information content (AvgIpc) is 3.72. The Hall–Kier alpha value is -5.17. The molecule has 9 rings (SSSR count). The van der Waals surface area contributed by atoms with Crippen LogP contribution in [0.1, 0.15) is 0 Å². The van der Waals surface area contributed by atoms with Crippen molar-refractivity contribution >= 4 is 53.0 Å². The zero-order valence-electron chi connectivity index (χ0n) is 29.1. The smallest absolute Gasteiger partial charge is 0.298 e. The predicted octanol–water partition coefficient (Wildman–Crippen LogP) is 6.51. The molecule has 3 aliphatic heterocycles. The van der Waals surface area contributed by atoms with Crippen molar-refractivity contribution in [2.75, 3.05) is 4.90 Å². The van der Waals surface area contributed by atoms with Crippen LogP contribution >= 0.6 is 0 Å². The van der Waals surface area contributed by atoms with Gasteiger partial charge in [0.1, 0.15) is 0 Å². The molecule has 6 aromatic rings. The molecule has 0 saturated carbocycles. The highest BCUT2D eigenvalue weighted by molar-refractivity contribution is 6.75. The molecule has 0 radical (unpaired) electrons. The van der Waals surface area contributed by atoms with E-state index in [0.29, 0.717) is 0 Å². The molecule has 50 heavy (non-hydrogen) atoms. The van der Waals surface area contributed by atoms with Gasteiger partial charge in [-0.15, -0.1) is 0 Å². The van der Waals surface area contributed by atoms with Gasteiger partial charge in [-0.25, -0.2) is 0 Å². The highest BCUT2D eigenvalue weighted by Crippen LogP contribution is 2.32. The topological polar surface area (TPSA) is 77.4 Å². The van der Waals surface area contributed by atoms with Gasteiger partial charge in [-0.2, -0.15) is 0 Å². The first kappa shape index (κ1) is 30.9. The van der Waals surface area contributed by atoms with E-state index in [4.69, 9.17) is 27.9 Å². The first-order chi connectivity index (χ1) is 24.0. The number of nitrogens with zero attached hydrogens (tertiary/aromatic N) is 7. The van der Waals surface area contributed by atoms with Crippen LogP contribution in [0.5, 0.6) is 0 Å². The molecular formula is C40H37N7Si3. The lowest BCUT2D eigenvalue weighted by molar-refractivity contribution is 1.17. The predicted molar refractivity (Wildman–Crippen MR) is 209 cm³/mol. The fourth-order valence-electron chi connectivity index (χ4n) is 7.42. The second-order valence-corrected chi connectivity index (χ2v) is 25.0. The molecule has 0 aliphatic carbocycles. The Balaban J connectivity index is 1.36. The van der Waals surface area contributed by atoms with Crippen molar-refractivity contribution in [2.24, 2.45) is 27.9 Å². The Morgan fingerprint density at radius 2 is 0.900 bits per heavy atom. The second-order valence-electron chi connectivity index (χ2n) is 14.7. The Bertz CT molecular complexity index is 2820. The van der Waals surface area contributed by atoms with Crippen molar-refractivity contribution < 1.29 is 0 Å². The maximum absolute atomic E-state index is 5.45. The van der Waals surface area contributed by atoms with Crippen molar-refractivity contribution in [1.29, 1.82) is 0 Å². The summed E-state index contributed by atoms with van der Waals surface area (Å²) in [5, 5.41) is 8.05. The summed E-state index contributed by atoms with van der Waals surface area (Å²) in [5.41, 5.74) is 7.39. The maximum atomic E-state index is 5.45. The molecule has 3 aliphatic rings. The van der Waals surface area contributed by atoms with Crippen LogP contribution < -0.4 is 37.0 Å². The fraction of sp³-hybridized carbons (Fsp3) is 0.150. The molecule has 0 N–H and O–H groups in total. The molecule has 6 aromatic carbocycles. The van der Waals surface area contributed by atoms with E-state index in [9.17, 15) is 0 Å². The monoisotopic (exact) mass is 699 g/mol. The van der Waals surface area contributed by atoms with Crippen molar-refractivity contribution in [3.63, 3.8) is 0 Å². The standard InChI is InChI=1S/C40H37N7Si3/c1-48(2)41-32-17-12-18-33(38(32)44-48)47(34-23-21-30(27-14-8-7-9-15-27)36-39(34)45-49(3,4)42-36)35-24-22-31(37-40(35)46-50(5,6)43-37)29-20-19-26-13-10-11-16-28(26)25-29/h7-25H,1-6H3. The summed E-state index contributed by atoms with van der Waals surface area (Å²) in [5.74, 6) is 0. The van der Waals surface area contributed by atoms with E-state index in [-0.39, 0.29) is 0 Å². The van der Waals surface area contributed by atoms with Gasteiger partial charge in [-0.05, 0) is 91.5 Å². The van der Waals surface area contributed by atoms with Crippen LogP contribution in [0.2, 0.25) is 39.3 Å². The Morgan fingerprint density at radius 3 is 1.56 bits per heavy atom. The number of benzene rings is 6. The van der Waals surface area contributed by atoms with Crippen LogP contribution in [-0.4, -0.2) is 25.2 Å². The molecule has 0 fully saturated rings. The van der Waals surface area contributed by atoms with Crippen LogP contribution in [0, 0.1) is 0 Å². The first-order valence-corrected chi connectivity index (χ1v) is 25.8. The van der Waals surface area contributed by atoms with E-state index in [1.54, 1.807) is 0 Å². The largest absolute Gasteiger partial charge is 0.304 e. The summed E-state index contributed by atoms with van der Waals surface area (Å²) in [4.78, 5) is 2.33. The van der Waals surface area contributed by atoms with Gasteiger partial charge in [0.2, 0.25) is 0 Å². The molecule has 0 amide bonds. The Labute approximate surface area is 293 Å². The molecule has 10 heteroatoms. The minimum atomic E-state index is -2.33.